The van der Waals surface area contributed by atoms with Gasteiger partial charge in [0.05, 0.1) is 23.2 Å². The molecule has 0 N–H and O–H groups in total. The van der Waals surface area contributed by atoms with Gasteiger partial charge in [0.1, 0.15) is 0 Å². The Morgan fingerprint density at radius 2 is 1.84 bits per heavy atom. The zero-order valence-electron chi connectivity index (χ0n) is 16.9. The fraction of sp³-hybridized carbons (Fsp3) is 0.381. The zero-order valence-corrected chi connectivity index (χ0v) is 18.6. The minimum atomic E-state index is -4.50. The van der Waals surface area contributed by atoms with E-state index in [0.717, 1.165) is 24.0 Å². The molecule has 1 amide bonds. The van der Waals surface area contributed by atoms with Gasteiger partial charge in [0, 0.05) is 28.8 Å². The molecule has 0 aromatic heterocycles. The molecular formula is C21H21F3N2O3S2. The van der Waals surface area contributed by atoms with Gasteiger partial charge in [0.25, 0.3) is 5.91 Å². The second-order valence-electron chi connectivity index (χ2n) is 7.78. The van der Waals surface area contributed by atoms with Crippen LogP contribution in [0.5, 0.6) is 0 Å². The molecule has 4 rings (SSSR count). The monoisotopic (exact) mass is 470 g/mol. The van der Waals surface area contributed by atoms with Crippen LogP contribution >= 0.6 is 11.8 Å². The van der Waals surface area contributed by atoms with Crippen LogP contribution in [0.25, 0.3) is 0 Å². The summed E-state index contributed by atoms with van der Waals surface area (Å²) in [4.78, 5) is 15.4. The van der Waals surface area contributed by atoms with Crippen LogP contribution in [-0.4, -0.2) is 38.9 Å². The Labute approximate surface area is 183 Å². The number of thioether (sulfide) groups is 1. The first-order valence-electron chi connectivity index (χ1n) is 9.75. The number of alkyl halides is 3. The molecule has 1 atom stereocenters. The van der Waals surface area contributed by atoms with E-state index in [2.05, 4.69) is 0 Å². The summed E-state index contributed by atoms with van der Waals surface area (Å²) in [5.41, 5.74) is 1.07. The lowest BCUT2D eigenvalue weighted by Gasteiger charge is -2.24. The number of amides is 1. The van der Waals surface area contributed by atoms with E-state index in [0.29, 0.717) is 42.1 Å². The number of fused-ring (bicyclic) bond motifs is 2. The van der Waals surface area contributed by atoms with Crippen molar-refractivity contribution >= 4 is 39.1 Å². The molecule has 0 radical (unpaired) electrons. The quantitative estimate of drug-likeness (QED) is 0.646. The van der Waals surface area contributed by atoms with Gasteiger partial charge in [-0.3, -0.25) is 9.10 Å². The fourth-order valence-corrected chi connectivity index (χ4v) is 5.98. The molecule has 0 saturated carbocycles. The van der Waals surface area contributed by atoms with Crippen LogP contribution < -0.4 is 9.21 Å². The van der Waals surface area contributed by atoms with Crippen molar-refractivity contribution in [1.82, 2.24) is 0 Å². The first-order chi connectivity index (χ1) is 14.4. The van der Waals surface area contributed by atoms with Crippen molar-refractivity contribution in [3.8, 4) is 0 Å². The van der Waals surface area contributed by atoms with Crippen LogP contribution in [0.15, 0.2) is 41.3 Å². The number of carbonyl (C=O) groups is 1. The minimum Gasteiger partial charge on any atom is -0.307 e. The Balaban J connectivity index is 1.73. The third kappa shape index (κ3) is 4.27. The number of benzene rings is 2. The molecule has 0 bridgehead atoms. The number of hydrogen-bond donors (Lipinski definition) is 0. The van der Waals surface area contributed by atoms with Gasteiger partial charge < -0.3 is 4.90 Å². The third-order valence-electron chi connectivity index (χ3n) is 5.49. The summed E-state index contributed by atoms with van der Waals surface area (Å²) in [6.07, 6.45) is -2.26. The SMILES string of the molecule is CC1CCN(C(=O)c2ccc3c(c2)CCN3S(C)(=O)=O)c2cc(C(F)(F)F)ccc2S1. The molecule has 0 fully saturated rings. The summed E-state index contributed by atoms with van der Waals surface area (Å²) in [5, 5.41) is 0.150. The first-order valence-corrected chi connectivity index (χ1v) is 12.5. The number of nitrogens with zero attached hydrogens (tertiary/aromatic N) is 2. The number of sulfonamides is 1. The maximum Gasteiger partial charge on any atom is 0.416 e. The maximum absolute atomic E-state index is 13.4. The summed E-state index contributed by atoms with van der Waals surface area (Å²) < 4.78 is 65.1. The minimum absolute atomic E-state index is 0.150. The summed E-state index contributed by atoms with van der Waals surface area (Å²) in [7, 11) is -3.41. The number of halogens is 3. The molecule has 0 saturated heterocycles. The Bertz CT molecular complexity index is 1150. The van der Waals surface area contributed by atoms with E-state index >= 15 is 0 Å². The largest absolute Gasteiger partial charge is 0.416 e. The molecule has 1 unspecified atom stereocenters. The molecule has 166 valence electrons. The molecule has 10 heteroatoms. The van der Waals surface area contributed by atoms with Crippen molar-refractivity contribution in [3.05, 3.63) is 53.1 Å². The molecule has 0 spiro atoms. The van der Waals surface area contributed by atoms with Crippen molar-refractivity contribution in [2.45, 2.75) is 36.1 Å². The zero-order chi connectivity index (χ0) is 22.6. The maximum atomic E-state index is 13.4. The number of hydrogen-bond acceptors (Lipinski definition) is 4. The fourth-order valence-electron chi connectivity index (χ4n) is 3.93. The molecule has 2 aromatic rings. The van der Waals surface area contributed by atoms with Crippen LogP contribution in [0.3, 0.4) is 0 Å². The summed E-state index contributed by atoms with van der Waals surface area (Å²) in [6.45, 7) is 2.59. The van der Waals surface area contributed by atoms with Crippen molar-refractivity contribution < 1.29 is 26.4 Å². The van der Waals surface area contributed by atoms with E-state index in [1.54, 1.807) is 18.2 Å². The highest BCUT2D eigenvalue weighted by Gasteiger charge is 2.34. The van der Waals surface area contributed by atoms with Gasteiger partial charge in [-0.15, -0.1) is 11.8 Å². The standard InChI is InChI=1S/C21H21F3N2O3S2/c1-13-7-9-25(18-12-16(21(22,23)24)4-6-19(18)30-13)20(27)15-3-5-17-14(11-15)8-10-26(17)31(2,28)29/h3-6,11-13H,7-10H2,1-2H3. The Morgan fingerprint density at radius 1 is 1.10 bits per heavy atom. The highest BCUT2D eigenvalue weighted by molar-refractivity contribution is 8.00. The Hall–Kier alpha value is -2.20. The summed E-state index contributed by atoms with van der Waals surface area (Å²) in [6, 6.07) is 8.30. The number of carbonyl (C=O) groups excluding carboxylic acids is 1. The third-order valence-corrected chi connectivity index (χ3v) is 7.91. The molecule has 2 heterocycles. The summed E-state index contributed by atoms with van der Waals surface area (Å²) in [5.74, 6) is -0.393. The van der Waals surface area contributed by atoms with Crippen LogP contribution in [0, 0.1) is 0 Å². The highest BCUT2D eigenvalue weighted by atomic mass is 32.2. The molecular weight excluding hydrogens is 449 g/mol. The molecule has 2 aliphatic heterocycles. The lowest BCUT2D eigenvalue weighted by molar-refractivity contribution is -0.137. The van der Waals surface area contributed by atoms with Gasteiger partial charge in [0.15, 0.2) is 0 Å². The van der Waals surface area contributed by atoms with Crippen LogP contribution in [0.1, 0.15) is 34.8 Å². The van der Waals surface area contributed by atoms with Crippen molar-refractivity contribution in [3.63, 3.8) is 0 Å². The van der Waals surface area contributed by atoms with Crippen molar-refractivity contribution in [1.29, 1.82) is 0 Å². The van der Waals surface area contributed by atoms with Crippen LogP contribution in [0.2, 0.25) is 0 Å². The van der Waals surface area contributed by atoms with Gasteiger partial charge in [-0.05, 0) is 54.8 Å². The van der Waals surface area contributed by atoms with Gasteiger partial charge in [-0.25, -0.2) is 8.42 Å². The predicted molar refractivity (Wildman–Crippen MR) is 115 cm³/mol. The molecule has 5 nitrogen and oxygen atoms in total. The molecule has 2 aliphatic rings. The number of anilines is 2. The Morgan fingerprint density at radius 3 is 2.52 bits per heavy atom. The topological polar surface area (TPSA) is 57.7 Å². The van der Waals surface area contributed by atoms with E-state index < -0.39 is 27.7 Å². The summed E-state index contributed by atoms with van der Waals surface area (Å²) >= 11 is 1.46. The predicted octanol–water partition coefficient (Wildman–Crippen LogP) is 4.56. The normalized spacial score (nSPS) is 19.1. The van der Waals surface area contributed by atoms with E-state index in [1.165, 1.54) is 27.0 Å². The van der Waals surface area contributed by atoms with Gasteiger partial charge in [-0.1, -0.05) is 6.92 Å². The highest BCUT2D eigenvalue weighted by Crippen LogP contribution is 2.42. The lowest BCUT2D eigenvalue weighted by atomic mass is 10.1. The lowest BCUT2D eigenvalue weighted by Crippen LogP contribution is -2.32. The van der Waals surface area contributed by atoms with Gasteiger partial charge >= 0.3 is 6.18 Å². The molecule has 31 heavy (non-hydrogen) atoms. The van der Waals surface area contributed by atoms with E-state index in [1.807, 2.05) is 6.92 Å². The van der Waals surface area contributed by atoms with E-state index in [4.69, 9.17) is 0 Å². The average Bonchev–Trinajstić information content (AvgIpc) is 3.04. The molecule has 2 aromatic carbocycles. The first kappa shape index (κ1) is 22.0. The van der Waals surface area contributed by atoms with Crippen LogP contribution in [0.4, 0.5) is 24.5 Å². The smallest absolute Gasteiger partial charge is 0.307 e. The van der Waals surface area contributed by atoms with E-state index in [9.17, 15) is 26.4 Å². The Kier molecular flexibility index (Phi) is 5.49. The van der Waals surface area contributed by atoms with Crippen LogP contribution in [-0.2, 0) is 22.6 Å². The number of rotatable bonds is 2. The van der Waals surface area contributed by atoms with Crippen molar-refractivity contribution in [2.75, 3.05) is 28.6 Å². The second kappa shape index (κ2) is 7.74. The van der Waals surface area contributed by atoms with Crippen molar-refractivity contribution in [2.24, 2.45) is 0 Å². The second-order valence-corrected chi connectivity index (χ2v) is 11.2. The van der Waals surface area contributed by atoms with Gasteiger partial charge in [-0.2, -0.15) is 13.2 Å². The molecule has 0 aliphatic carbocycles. The van der Waals surface area contributed by atoms with Gasteiger partial charge in [0.2, 0.25) is 10.0 Å². The van der Waals surface area contributed by atoms with E-state index in [-0.39, 0.29) is 10.9 Å². The average molecular weight is 471 g/mol.